The van der Waals surface area contributed by atoms with E-state index in [9.17, 15) is 18.0 Å². The Morgan fingerprint density at radius 2 is 1.69 bits per heavy atom. The molecule has 0 saturated carbocycles. The van der Waals surface area contributed by atoms with Gasteiger partial charge in [-0.25, -0.2) is 14.6 Å². The number of anilines is 1. The number of carbonyl (C=O) groups excluding carboxylic acids is 1. The van der Waals surface area contributed by atoms with Crippen LogP contribution in [0.1, 0.15) is 28.1 Å². The lowest BCUT2D eigenvalue weighted by atomic mass is 10.1. The molecule has 7 nitrogen and oxygen atoms in total. The van der Waals surface area contributed by atoms with E-state index in [1.807, 2.05) is 20.8 Å². The molecule has 0 bridgehead atoms. The number of hydrogen-bond acceptors (Lipinski definition) is 5. The van der Waals surface area contributed by atoms with Crippen molar-refractivity contribution in [2.24, 2.45) is 0 Å². The molecule has 0 unspecified atom stereocenters. The topological polar surface area (TPSA) is 81.9 Å². The van der Waals surface area contributed by atoms with Crippen LogP contribution in [0.2, 0.25) is 0 Å². The third-order valence-electron chi connectivity index (χ3n) is 5.50. The molecular weight excluding hydrogens is 459 g/mol. The van der Waals surface area contributed by atoms with E-state index in [0.717, 1.165) is 29.1 Å². The van der Waals surface area contributed by atoms with E-state index >= 15 is 0 Å². The Morgan fingerprint density at radius 3 is 2.29 bits per heavy atom. The molecule has 10 heteroatoms. The van der Waals surface area contributed by atoms with Crippen LogP contribution in [0.3, 0.4) is 0 Å². The summed E-state index contributed by atoms with van der Waals surface area (Å²) in [6.45, 7) is 5.89. The smallest absolute Gasteiger partial charge is 0.416 e. The molecule has 0 atom stereocenters. The highest BCUT2D eigenvalue weighted by Crippen LogP contribution is 2.29. The molecule has 0 aliphatic rings. The van der Waals surface area contributed by atoms with Gasteiger partial charge in [-0.05, 0) is 68.3 Å². The molecular formula is C25H22F3N5O2. The SMILES string of the molecule is Cc1nn(-c2cc(Oc3ccc(NC(=O)Cc4ccc(C(F)(F)F)cc4)cc3)ncn2)c(C)c1C. The van der Waals surface area contributed by atoms with Crippen molar-refractivity contribution in [3.63, 3.8) is 0 Å². The Bertz CT molecular complexity index is 1350. The predicted molar refractivity (Wildman–Crippen MR) is 124 cm³/mol. The van der Waals surface area contributed by atoms with Gasteiger partial charge < -0.3 is 10.1 Å². The number of aryl methyl sites for hydroxylation is 1. The number of nitrogens with zero attached hydrogens (tertiary/aromatic N) is 4. The van der Waals surface area contributed by atoms with Crippen molar-refractivity contribution in [1.29, 1.82) is 0 Å². The first-order chi connectivity index (χ1) is 16.6. The number of rotatable bonds is 6. The Kier molecular flexibility index (Phi) is 6.54. The number of hydrogen-bond donors (Lipinski definition) is 1. The minimum atomic E-state index is -4.41. The molecule has 0 radical (unpaired) electrons. The number of benzene rings is 2. The van der Waals surface area contributed by atoms with Crippen molar-refractivity contribution in [3.05, 3.63) is 89.0 Å². The van der Waals surface area contributed by atoms with E-state index in [2.05, 4.69) is 20.4 Å². The average Bonchev–Trinajstić information content (AvgIpc) is 3.07. The van der Waals surface area contributed by atoms with E-state index in [0.29, 0.717) is 28.7 Å². The molecule has 0 aliphatic heterocycles. The van der Waals surface area contributed by atoms with Crippen molar-refractivity contribution < 1.29 is 22.7 Å². The Hall–Kier alpha value is -4.21. The second-order valence-corrected chi connectivity index (χ2v) is 7.97. The van der Waals surface area contributed by atoms with Crippen molar-refractivity contribution in [1.82, 2.24) is 19.7 Å². The number of amides is 1. The van der Waals surface area contributed by atoms with E-state index in [4.69, 9.17) is 4.74 Å². The number of ether oxygens (including phenoxy) is 1. The van der Waals surface area contributed by atoms with Crippen LogP contribution < -0.4 is 10.1 Å². The Balaban J connectivity index is 1.38. The van der Waals surface area contributed by atoms with Crippen LogP contribution in [0, 0.1) is 20.8 Å². The summed E-state index contributed by atoms with van der Waals surface area (Å²) in [5.74, 6) is 1.06. The molecule has 1 amide bonds. The summed E-state index contributed by atoms with van der Waals surface area (Å²) in [6, 6.07) is 12.8. The first-order valence-electron chi connectivity index (χ1n) is 10.7. The summed E-state index contributed by atoms with van der Waals surface area (Å²) < 4.78 is 45.6. The van der Waals surface area contributed by atoms with Crippen molar-refractivity contribution in [2.45, 2.75) is 33.4 Å². The lowest BCUT2D eigenvalue weighted by molar-refractivity contribution is -0.137. The van der Waals surface area contributed by atoms with Crippen LogP contribution >= 0.6 is 0 Å². The van der Waals surface area contributed by atoms with Gasteiger partial charge in [0.15, 0.2) is 5.82 Å². The molecule has 4 rings (SSSR count). The minimum absolute atomic E-state index is 0.0497. The standard InChI is InChI=1S/C25H22F3N5O2/c1-15-16(2)32-33(17(15)3)22-13-24(30-14-29-22)35-21-10-8-20(9-11-21)31-23(34)12-18-4-6-19(7-5-18)25(26,27)28/h4-11,13-14H,12H2,1-3H3,(H,31,34). The van der Waals surface area contributed by atoms with Gasteiger partial charge in [0.1, 0.15) is 12.1 Å². The summed E-state index contributed by atoms with van der Waals surface area (Å²) in [6.07, 6.45) is -3.06. The van der Waals surface area contributed by atoms with Crippen LogP contribution in [-0.2, 0) is 17.4 Å². The first-order valence-corrected chi connectivity index (χ1v) is 10.7. The van der Waals surface area contributed by atoms with Crippen LogP contribution in [0.25, 0.3) is 5.82 Å². The number of carbonyl (C=O) groups is 1. The van der Waals surface area contributed by atoms with Crippen LogP contribution in [-0.4, -0.2) is 25.7 Å². The second kappa shape index (κ2) is 9.57. The Labute approximate surface area is 199 Å². The fraction of sp³-hybridized carbons (Fsp3) is 0.200. The molecule has 0 spiro atoms. The molecule has 0 saturated heterocycles. The largest absolute Gasteiger partial charge is 0.439 e. The van der Waals surface area contributed by atoms with E-state index in [1.165, 1.54) is 18.5 Å². The zero-order valence-electron chi connectivity index (χ0n) is 19.2. The maximum Gasteiger partial charge on any atom is 0.416 e. The second-order valence-electron chi connectivity index (χ2n) is 7.97. The van der Waals surface area contributed by atoms with E-state index in [1.54, 1.807) is 35.0 Å². The minimum Gasteiger partial charge on any atom is -0.439 e. The molecule has 1 N–H and O–H groups in total. The highest BCUT2D eigenvalue weighted by Gasteiger charge is 2.30. The Morgan fingerprint density at radius 1 is 1.00 bits per heavy atom. The summed E-state index contributed by atoms with van der Waals surface area (Å²) in [7, 11) is 0. The molecule has 35 heavy (non-hydrogen) atoms. The summed E-state index contributed by atoms with van der Waals surface area (Å²) >= 11 is 0. The van der Waals surface area contributed by atoms with Gasteiger partial charge in [-0.2, -0.15) is 18.3 Å². The third kappa shape index (κ3) is 5.65. The van der Waals surface area contributed by atoms with Crippen molar-refractivity contribution >= 4 is 11.6 Å². The molecule has 2 aromatic carbocycles. The van der Waals surface area contributed by atoms with Gasteiger partial charge in [0.05, 0.1) is 17.7 Å². The highest BCUT2D eigenvalue weighted by atomic mass is 19.4. The van der Waals surface area contributed by atoms with Gasteiger partial charge in [-0.3, -0.25) is 4.79 Å². The predicted octanol–water partition coefficient (Wildman–Crippen LogP) is 5.58. The maximum atomic E-state index is 12.7. The van der Waals surface area contributed by atoms with E-state index in [-0.39, 0.29) is 12.3 Å². The highest BCUT2D eigenvalue weighted by molar-refractivity contribution is 5.92. The number of alkyl halides is 3. The normalized spacial score (nSPS) is 11.4. The molecule has 4 aromatic rings. The summed E-state index contributed by atoms with van der Waals surface area (Å²) in [4.78, 5) is 20.7. The molecule has 180 valence electrons. The summed E-state index contributed by atoms with van der Waals surface area (Å²) in [5.41, 5.74) is 3.23. The number of halogens is 3. The van der Waals surface area contributed by atoms with Crippen LogP contribution in [0.4, 0.5) is 18.9 Å². The van der Waals surface area contributed by atoms with Gasteiger partial charge in [0.25, 0.3) is 0 Å². The number of nitrogens with one attached hydrogen (secondary N) is 1. The van der Waals surface area contributed by atoms with Gasteiger partial charge in [-0.15, -0.1) is 0 Å². The monoisotopic (exact) mass is 481 g/mol. The summed E-state index contributed by atoms with van der Waals surface area (Å²) in [5, 5.41) is 7.21. The molecule has 0 aliphatic carbocycles. The van der Waals surface area contributed by atoms with Gasteiger partial charge in [0.2, 0.25) is 11.8 Å². The first kappa shape index (κ1) is 23.9. The molecule has 2 aromatic heterocycles. The molecule has 0 fully saturated rings. The fourth-order valence-corrected chi connectivity index (χ4v) is 3.37. The maximum absolute atomic E-state index is 12.7. The zero-order chi connectivity index (χ0) is 25.2. The van der Waals surface area contributed by atoms with Gasteiger partial charge >= 0.3 is 6.18 Å². The lowest BCUT2D eigenvalue weighted by Gasteiger charge is -2.10. The fourth-order valence-electron chi connectivity index (χ4n) is 3.37. The van der Waals surface area contributed by atoms with Crippen LogP contribution in [0.5, 0.6) is 11.6 Å². The number of aromatic nitrogens is 4. The third-order valence-corrected chi connectivity index (χ3v) is 5.50. The van der Waals surface area contributed by atoms with Gasteiger partial charge in [0, 0.05) is 17.4 Å². The lowest BCUT2D eigenvalue weighted by Crippen LogP contribution is -2.14. The zero-order valence-corrected chi connectivity index (χ0v) is 19.2. The van der Waals surface area contributed by atoms with Crippen LogP contribution in [0.15, 0.2) is 60.9 Å². The van der Waals surface area contributed by atoms with Crippen molar-refractivity contribution in [3.8, 4) is 17.4 Å². The molecule has 2 heterocycles. The van der Waals surface area contributed by atoms with Crippen molar-refractivity contribution in [2.75, 3.05) is 5.32 Å². The van der Waals surface area contributed by atoms with Gasteiger partial charge in [-0.1, -0.05) is 12.1 Å². The van der Waals surface area contributed by atoms with E-state index < -0.39 is 11.7 Å². The quantitative estimate of drug-likeness (QED) is 0.389. The average molecular weight is 481 g/mol.